The first kappa shape index (κ1) is 41.1. The summed E-state index contributed by atoms with van der Waals surface area (Å²) in [7, 11) is -4.33. The summed E-state index contributed by atoms with van der Waals surface area (Å²) in [5.74, 6) is 0. The molecule has 0 aromatic rings. The first-order valence-corrected chi connectivity index (χ1v) is 1.55. The predicted molar refractivity (Wildman–Crippen MR) is 44.9 cm³/mol. The molecule has 80 valence electrons. The van der Waals surface area contributed by atoms with Gasteiger partial charge in [-0.3, -0.25) is 0 Å². The topological polar surface area (TPSA) is 261 Å². The Bertz CT molecular complexity index is 33.0. The van der Waals surface area contributed by atoms with Crippen LogP contribution in [0.25, 0.3) is 0 Å². The van der Waals surface area contributed by atoms with E-state index in [9.17, 15) is 0 Å². The van der Waals surface area contributed by atoms with Gasteiger partial charge in [-0.05, 0) is 0 Å². The lowest BCUT2D eigenvalue weighted by atomic mass is 10.3. The fraction of sp³-hybridized carbons (Fsp3) is 0. The van der Waals surface area contributed by atoms with Crippen LogP contribution in [0.5, 0.6) is 0 Å². The number of hydrogen-bond acceptors (Lipinski definition) is 10. The molecule has 0 radical (unpaired) electrons. The number of rotatable bonds is 0. The lowest BCUT2D eigenvalue weighted by Gasteiger charge is -1.69. The SMILES string of the molecule is N.N.N.N.OB(O)O.OB(O)O. The first-order chi connectivity index (χ1) is 3.46. The van der Waals surface area contributed by atoms with Gasteiger partial charge < -0.3 is 54.7 Å². The van der Waals surface area contributed by atoms with E-state index < -0.39 is 14.6 Å². The first-order valence-electron chi connectivity index (χ1n) is 1.55. The van der Waals surface area contributed by atoms with Gasteiger partial charge in [-0.25, -0.2) is 0 Å². The Morgan fingerprint density at radius 2 is 0.417 bits per heavy atom. The van der Waals surface area contributed by atoms with E-state index in [0.29, 0.717) is 0 Å². The molecule has 0 aliphatic carbocycles. The second-order valence-electron chi connectivity index (χ2n) is 0.693. The molecule has 0 aromatic heterocycles. The van der Waals surface area contributed by atoms with Crippen LogP contribution in [0.2, 0.25) is 0 Å². The average molecular weight is 192 g/mol. The standard InChI is InChI=1S/2BH3O3.4H3N/c2*2-1(3)4;;;;/h2*2-4H;4*1H3. The molecular formula is H18B2N4O6. The van der Waals surface area contributed by atoms with Gasteiger partial charge in [0.15, 0.2) is 0 Å². The zero-order chi connectivity index (χ0) is 7.15. The van der Waals surface area contributed by atoms with Gasteiger partial charge in [0.25, 0.3) is 0 Å². The van der Waals surface area contributed by atoms with Crippen molar-refractivity contribution in [3.63, 3.8) is 0 Å². The highest BCUT2D eigenvalue weighted by molar-refractivity contribution is 6.30. The third-order valence-electron chi connectivity index (χ3n) is 0. The molecule has 0 rings (SSSR count). The van der Waals surface area contributed by atoms with Crippen molar-refractivity contribution in [2.45, 2.75) is 0 Å². The minimum absolute atomic E-state index is 0. The van der Waals surface area contributed by atoms with Gasteiger partial charge in [-0.15, -0.1) is 0 Å². The van der Waals surface area contributed by atoms with Crippen LogP contribution in [0, 0.1) is 0 Å². The lowest BCUT2D eigenvalue weighted by molar-refractivity contribution is 0.276. The summed E-state index contributed by atoms with van der Waals surface area (Å²) < 4.78 is 0. The minimum atomic E-state index is -2.17. The van der Waals surface area contributed by atoms with Crippen molar-refractivity contribution >= 4 is 14.6 Å². The molecule has 0 saturated carbocycles. The Kier molecular flexibility index (Phi) is 106. The van der Waals surface area contributed by atoms with Gasteiger partial charge in [0.05, 0.1) is 0 Å². The molecule has 12 heteroatoms. The van der Waals surface area contributed by atoms with E-state index in [1.165, 1.54) is 0 Å². The summed E-state index contributed by atoms with van der Waals surface area (Å²) in [5.41, 5.74) is 0. The Hall–Kier alpha value is -0.270. The van der Waals surface area contributed by atoms with Crippen LogP contribution in [0.15, 0.2) is 0 Å². The van der Waals surface area contributed by atoms with Crippen molar-refractivity contribution in [3.05, 3.63) is 0 Å². The summed E-state index contributed by atoms with van der Waals surface area (Å²) in [5, 5.41) is 43.0. The molecule has 0 fully saturated rings. The fourth-order valence-electron chi connectivity index (χ4n) is 0. The molecular weight excluding hydrogens is 174 g/mol. The van der Waals surface area contributed by atoms with Crippen molar-refractivity contribution in [1.82, 2.24) is 24.6 Å². The third-order valence-corrected chi connectivity index (χ3v) is 0. The minimum Gasteiger partial charge on any atom is -0.402 e. The second kappa shape index (κ2) is 30.9. The van der Waals surface area contributed by atoms with E-state index in [1.54, 1.807) is 0 Å². The summed E-state index contributed by atoms with van der Waals surface area (Å²) in [6.45, 7) is 0. The lowest BCUT2D eigenvalue weighted by Crippen LogP contribution is -2.07. The normalized spacial score (nSPS) is 4.50. The average Bonchev–Trinajstić information content (AvgIpc) is 1.25. The van der Waals surface area contributed by atoms with Crippen LogP contribution in [-0.2, 0) is 0 Å². The molecule has 0 amide bonds. The van der Waals surface area contributed by atoms with E-state index in [2.05, 4.69) is 0 Å². The fourth-order valence-corrected chi connectivity index (χ4v) is 0. The van der Waals surface area contributed by atoms with Gasteiger partial charge in [-0.1, -0.05) is 0 Å². The van der Waals surface area contributed by atoms with Crippen molar-refractivity contribution in [2.75, 3.05) is 0 Å². The van der Waals surface area contributed by atoms with Crippen LogP contribution in [-0.4, -0.2) is 44.8 Å². The van der Waals surface area contributed by atoms with E-state index >= 15 is 0 Å². The molecule has 12 heavy (non-hydrogen) atoms. The zero-order valence-electron chi connectivity index (χ0n) is 6.67. The second-order valence-corrected chi connectivity index (χ2v) is 0.693. The van der Waals surface area contributed by atoms with Crippen LogP contribution < -0.4 is 24.6 Å². The maximum absolute atomic E-state index is 7.17. The molecule has 0 aromatic carbocycles. The molecule has 0 aliphatic rings. The number of hydrogen-bond donors (Lipinski definition) is 10. The molecule has 0 saturated heterocycles. The highest BCUT2D eigenvalue weighted by atomic mass is 16.5. The summed E-state index contributed by atoms with van der Waals surface area (Å²) in [6.07, 6.45) is 0. The van der Waals surface area contributed by atoms with Gasteiger partial charge in [0, 0.05) is 0 Å². The van der Waals surface area contributed by atoms with Crippen LogP contribution in [0.3, 0.4) is 0 Å². The monoisotopic (exact) mass is 192 g/mol. The largest absolute Gasteiger partial charge is 0.631 e. The smallest absolute Gasteiger partial charge is 0.402 e. The predicted octanol–water partition coefficient (Wildman–Crippen LogP) is -3.46. The maximum Gasteiger partial charge on any atom is 0.631 e. The van der Waals surface area contributed by atoms with Crippen LogP contribution in [0.1, 0.15) is 0 Å². The Morgan fingerprint density at radius 1 is 0.417 bits per heavy atom. The van der Waals surface area contributed by atoms with Gasteiger partial charge >= 0.3 is 14.6 Å². The van der Waals surface area contributed by atoms with E-state index in [-0.39, 0.29) is 24.6 Å². The molecule has 0 heterocycles. The van der Waals surface area contributed by atoms with E-state index in [1.807, 2.05) is 0 Å². The maximum atomic E-state index is 7.17. The van der Waals surface area contributed by atoms with Crippen molar-refractivity contribution in [2.24, 2.45) is 0 Å². The van der Waals surface area contributed by atoms with Crippen molar-refractivity contribution < 1.29 is 30.1 Å². The summed E-state index contributed by atoms with van der Waals surface area (Å²) >= 11 is 0. The highest BCUT2D eigenvalue weighted by Gasteiger charge is 1.93. The molecule has 0 atom stereocenters. The molecule has 0 spiro atoms. The van der Waals surface area contributed by atoms with E-state index in [4.69, 9.17) is 30.1 Å². The molecule has 18 N–H and O–H groups in total. The molecule has 0 bridgehead atoms. The Morgan fingerprint density at radius 3 is 0.417 bits per heavy atom. The zero-order valence-corrected chi connectivity index (χ0v) is 6.67. The van der Waals surface area contributed by atoms with Crippen molar-refractivity contribution in [1.29, 1.82) is 0 Å². The Labute approximate surface area is 70.5 Å². The van der Waals surface area contributed by atoms with Gasteiger partial charge in [-0.2, -0.15) is 0 Å². The van der Waals surface area contributed by atoms with Gasteiger partial charge in [0.2, 0.25) is 0 Å². The van der Waals surface area contributed by atoms with E-state index in [0.717, 1.165) is 0 Å². The van der Waals surface area contributed by atoms with Gasteiger partial charge in [0.1, 0.15) is 0 Å². The van der Waals surface area contributed by atoms with Crippen LogP contribution >= 0.6 is 0 Å². The third kappa shape index (κ3) is 10200. The molecule has 0 aliphatic heterocycles. The quantitative estimate of drug-likeness (QED) is 0.169. The summed E-state index contributed by atoms with van der Waals surface area (Å²) in [4.78, 5) is 0. The summed E-state index contributed by atoms with van der Waals surface area (Å²) in [6, 6.07) is 0. The highest BCUT2D eigenvalue weighted by Crippen LogP contribution is 1.40. The Balaban J connectivity index is -0.0000000112. The molecule has 0 unspecified atom stereocenters. The molecule has 10 nitrogen and oxygen atoms in total. The van der Waals surface area contributed by atoms with Crippen molar-refractivity contribution in [3.8, 4) is 0 Å². The van der Waals surface area contributed by atoms with Crippen LogP contribution in [0.4, 0.5) is 0 Å².